The van der Waals surface area contributed by atoms with E-state index in [1.54, 1.807) is 6.07 Å². The first-order chi connectivity index (χ1) is 11.4. The minimum Gasteiger partial charge on any atom is -0.360 e. The molecule has 0 unspecified atom stereocenters. The van der Waals surface area contributed by atoms with E-state index < -0.39 is 16.4 Å². The van der Waals surface area contributed by atoms with Gasteiger partial charge in [-0.1, -0.05) is 48.0 Å². The van der Waals surface area contributed by atoms with Gasteiger partial charge >= 0.3 is 5.69 Å². The summed E-state index contributed by atoms with van der Waals surface area (Å²) in [6.07, 6.45) is 0.898. The molecule has 128 valence electrons. The third-order valence-electron chi connectivity index (χ3n) is 2.88. The van der Waals surface area contributed by atoms with E-state index in [4.69, 9.17) is 23.2 Å². The summed E-state index contributed by atoms with van der Waals surface area (Å²) < 4.78 is 13.5. The van der Waals surface area contributed by atoms with Crippen LogP contribution in [0, 0.1) is 15.9 Å². The minimum atomic E-state index is -0.651. The van der Waals surface area contributed by atoms with Crippen LogP contribution in [0.3, 0.4) is 0 Å². The van der Waals surface area contributed by atoms with Gasteiger partial charge < -0.3 is 5.32 Å². The maximum absolute atomic E-state index is 13.5. The van der Waals surface area contributed by atoms with Crippen molar-refractivity contribution in [2.45, 2.75) is 25.0 Å². The summed E-state index contributed by atoms with van der Waals surface area (Å²) in [5, 5.41) is 14.1. The van der Waals surface area contributed by atoms with E-state index in [1.807, 2.05) is 6.92 Å². The summed E-state index contributed by atoms with van der Waals surface area (Å²) >= 11 is 12.9. The molecule has 0 fully saturated rings. The van der Waals surface area contributed by atoms with Crippen LogP contribution >= 0.6 is 35.0 Å². The van der Waals surface area contributed by atoms with E-state index in [1.165, 1.54) is 23.9 Å². The lowest BCUT2D eigenvalue weighted by atomic mass is 10.2. The second kappa shape index (κ2) is 8.46. The van der Waals surface area contributed by atoms with Crippen LogP contribution in [-0.2, 0) is 6.54 Å². The fraction of sp³-hybridized carbons (Fsp3) is 0.286. The Morgan fingerprint density at radius 1 is 1.38 bits per heavy atom. The molecule has 0 bridgehead atoms. The second-order valence-electron chi connectivity index (χ2n) is 4.70. The summed E-state index contributed by atoms with van der Waals surface area (Å²) in [6, 6.07) is 4.27. The standard InChI is InChI=1S/C14H13Cl2FN4O2S/c1-2-5-24-14-19-12(16)11(21(22)23)13(20-14)18-7-8-3-4-9(15)10(17)6-8/h3-4,6H,2,5,7H2,1H3,(H,18,19,20). The Balaban J connectivity index is 2.27. The van der Waals surface area contributed by atoms with Gasteiger partial charge in [0.25, 0.3) is 0 Å². The van der Waals surface area contributed by atoms with Crippen molar-refractivity contribution in [2.24, 2.45) is 0 Å². The number of anilines is 1. The van der Waals surface area contributed by atoms with Gasteiger partial charge in [-0.05, 0) is 24.1 Å². The zero-order valence-corrected chi connectivity index (χ0v) is 14.9. The molecule has 1 aromatic heterocycles. The van der Waals surface area contributed by atoms with Crippen molar-refractivity contribution in [3.05, 3.63) is 49.9 Å². The van der Waals surface area contributed by atoms with Gasteiger partial charge in [-0.2, -0.15) is 4.98 Å². The lowest BCUT2D eigenvalue weighted by Gasteiger charge is -2.09. The molecule has 0 aliphatic rings. The first-order valence-electron chi connectivity index (χ1n) is 6.95. The highest BCUT2D eigenvalue weighted by Gasteiger charge is 2.23. The van der Waals surface area contributed by atoms with Gasteiger partial charge in [0, 0.05) is 12.3 Å². The highest BCUT2D eigenvalue weighted by atomic mass is 35.5. The highest BCUT2D eigenvalue weighted by molar-refractivity contribution is 7.99. The number of nitrogens with one attached hydrogen (secondary N) is 1. The van der Waals surface area contributed by atoms with Crippen LogP contribution in [-0.4, -0.2) is 20.6 Å². The van der Waals surface area contributed by atoms with E-state index in [0.29, 0.717) is 10.7 Å². The number of halogens is 3. The van der Waals surface area contributed by atoms with Crippen molar-refractivity contribution in [3.8, 4) is 0 Å². The van der Waals surface area contributed by atoms with Crippen molar-refractivity contribution < 1.29 is 9.31 Å². The van der Waals surface area contributed by atoms with Crippen molar-refractivity contribution in [1.82, 2.24) is 9.97 Å². The number of nitrogens with zero attached hydrogens (tertiary/aromatic N) is 3. The average molecular weight is 391 g/mol. The van der Waals surface area contributed by atoms with Gasteiger partial charge in [-0.15, -0.1) is 0 Å². The van der Waals surface area contributed by atoms with Crippen molar-refractivity contribution in [1.29, 1.82) is 0 Å². The molecule has 1 aromatic carbocycles. The molecule has 1 heterocycles. The third-order valence-corrected chi connectivity index (χ3v) is 4.51. The fourth-order valence-electron chi connectivity index (χ4n) is 1.79. The van der Waals surface area contributed by atoms with Gasteiger partial charge in [0.1, 0.15) is 5.82 Å². The maximum atomic E-state index is 13.5. The van der Waals surface area contributed by atoms with Crippen LogP contribution in [0.15, 0.2) is 23.4 Å². The summed E-state index contributed by atoms with van der Waals surface area (Å²) in [7, 11) is 0. The molecule has 10 heteroatoms. The van der Waals surface area contributed by atoms with E-state index in [0.717, 1.165) is 12.2 Å². The number of benzene rings is 1. The van der Waals surface area contributed by atoms with Crippen LogP contribution in [0.1, 0.15) is 18.9 Å². The Morgan fingerprint density at radius 3 is 2.75 bits per heavy atom. The molecule has 0 aliphatic carbocycles. The summed E-state index contributed by atoms with van der Waals surface area (Å²) in [5.41, 5.74) is 0.149. The normalized spacial score (nSPS) is 10.7. The molecular weight excluding hydrogens is 378 g/mol. The van der Waals surface area contributed by atoms with Crippen LogP contribution in [0.5, 0.6) is 0 Å². The molecule has 0 saturated heterocycles. The van der Waals surface area contributed by atoms with Gasteiger partial charge in [-0.25, -0.2) is 9.37 Å². The summed E-state index contributed by atoms with van der Waals surface area (Å²) in [4.78, 5) is 18.6. The largest absolute Gasteiger partial charge is 0.360 e. The summed E-state index contributed by atoms with van der Waals surface area (Å²) in [5.74, 6) is 0.190. The topological polar surface area (TPSA) is 81.0 Å². The zero-order chi connectivity index (χ0) is 17.7. The number of nitro groups is 1. The zero-order valence-electron chi connectivity index (χ0n) is 12.6. The van der Waals surface area contributed by atoms with E-state index in [-0.39, 0.29) is 22.5 Å². The minimum absolute atomic E-state index is 0.00559. The van der Waals surface area contributed by atoms with E-state index in [9.17, 15) is 14.5 Å². The van der Waals surface area contributed by atoms with Crippen molar-refractivity contribution >= 4 is 46.5 Å². The molecule has 6 nitrogen and oxygen atoms in total. The molecule has 0 radical (unpaired) electrons. The first kappa shape index (κ1) is 18.7. The Kier molecular flexibility index (Phi) is 6.59. The second-order valence-corrected chi connectivity index (χ2v) is 6.53. The van der Waals surface area contributed by atoms with Gasteiger partial charge in [0.05, 0.1) is 9.95 Å². The quantitative estimate of drug-likeness (QED) is 0.237. The lowest BCUT2D eigenvalue weighted by molar-refractivity contribution is -0.384. The smallest absolute Gasteiger partial charge is 0.348 e. The molecule has 0 amide bonds. The van der Waals surface area contributed by atoms with Crippen molar-refractivity contribution in [3.63, 3.8) is 0 Å². The third kappa shape index (κ3) is 4.68. The van der Waals surface area contributed by atoms with Crippen LogP contribution in [0.4, 0.5) is 15.9 Å². The molecule has 0 spiro atoms. The van der Waals surface area contributed by atoms with Gasteiger partial charge in [0.2, 0.25) is 11.0 Å². The molecule has 0 atom stereocenters. The predicted molar refractivity (Wildman–Crippen MR) is 93.4 cm³/mol. The average Bonchev–Trinajstić information content (AvgIpc) is 2.53. The lowest BCUT2D eigenvalue weighted by Crippen LogP contribution is -2.07. The fourth-order valence-corrected chi connectivity index (χ4v) is 2.89. The van der Waals surface area contributed by atoms with Crippen molar-refractivity contribution in [2.75, 3.05) is 11.1 Å². The Bertz CT molecular complexity index is 764. The maximum Gasteiger partial charge on any atom is 0.348 e. The summed E-state index contributed by atoms with van der Waals surface area (Å²) in [6.45, 7) is 2.12. The molecule has 24 heavy (non-hydrogen) atoms. The number of thioether (sulfide) groups is 1. The molecular formula is C14H13Cl2FN4O2S. The van der Waals surface area contributed by atoms with Crippen LogP contribution < -0.4 is 5.32 Å². The molecule has 2 aromatic rings. The Morgan fingerprint density at radius 2 is 2.12 bits per heavy atom. The number of aromatic nitrogens is 2. The molecule has 0 aliphatic heterocycles. The van der Waals surface area contributed by atoms with E-state index in [2.05, 4.69) is 15.3 Å². The number of hydrogen-bond donors (Lipinski definition) is 1. The van der Waals surface area contributed by atoms with Gasteiger partial charge in [0.15, 0.2) is 5.16 Å². The first-order valence-corrected chi connectivity index (χ1v) is 8.69. The Hall–Kier alpha value is -1.64. The number of rotatable bonds is 7. The molecule has 0 saturated carbocycles. The Labute approximate surface area is 151 Å². The predicted octanol–water partition coefficient (Wildman–Crippen LogP) is 4.94. The highest BCUT2D eigenvalue weighted by Crippen LogP contribution is 2.32. The molecule has 2 rings (SSSR count). The SMILES string of the molecule is CCCSc1nc(Cl)c([N+](=O)[O-])c(NCc2ccc(Cl)c(F)c2)n1. The van der Waals surface area contributed by atoms with E-state index >= 15 is 0 Å². The van der Waals surface area contributed by atoms with Gasteiger partial charge in [-0.3, -0.25) is 10.1 Å². The number of hydrogen-bond acceptors (Lipinski definition) is 6. The van der Waals surface area contributed by atoms with Crippen LogP contribution in [0.2, 0.25) is 10.2 Å². The van der Waals surface area contributed by atoms with Crippen LogP contribution in [0.25, 0.3) is 0 Å². The molecule has 1 N–H and O–H groups in total. The monoisotopic (exact) mass is 390 g/mol.